The van der Waals surface area contributed by atoms with E-state index in [0.29, 0.717) is 19.3 Å². The average Bonchev–Trinajstić information content (AvgIpc) is 3.35. The van der Waals surface area contributed by atoms with Gasteiger partial charge in [0.2, 0.25) is 0 Å². The summed E-state index contributed by atoms with van der Waals surface area (Å²) in [6.07, 6.45) is 70.2. The summed E-state index contributed by atoms with van der Waals surface area (Å²) < 4.78 is 16.8. The third kappa shape index (κ3) is 56.4. The Morgan fingerprint density at radius 3 is 0.841 bits per heavy atom. The number of carbonyl (C=O) groups is 3. The Hall–Kier alpha value is -2.37. The highest BCUT2D eigenvalue weighted by Gasteiger charge is 2.19. The van der Waals surface area contributed by atoms with Gasteiger partial charge in [-0.15, -0.1) is 0 Å². The number of ether oxygens (including phenoxy) is 3. The Balaban J connectivity index is 4.16. The van der Waals surface area contributed by atoms with Crippen molar-refractivity contribution in [2.24, 2.45) is 0 Å². The average molecular weight is 970 g/mol. The molecule has 0 heterocycles. The molecule has 0 aromatic heterocycles. The molecule has 0 aliphatic heterocycles. The molecule has 0 saturated carbocycles. The molecule has 0 aromatic carbocycles. The predicted octanol–water partition coefficient (Wildman–Crippen LogP) is 20.4. The lowest BCUT2D eigenvalue weighted by Gasteiger charge is -2.18. The zero-order valence-corrected chi connectivity index (χ0v) is 46.3. The zero-order chi connectivity index (χ0) is 50.0. The van der Waals surface area contributed by atoms with Crippen LogP contribution in [0.5, 0.6) is 0 Å². The lowest BCUT2D eigenvalue weighted by molar-refractivity contribution is -0.167. The molecule has 0 aliphatic carbocycles. The van der Waals surface area contributed by atoms with Gasteiger partial charge < -0.3 is 14.2 Å². The van der Waals surface area contributed by atoms with Crippen molar-refractivity contribution in [2.75, 3.05) is 13.2 Å². The molecule has 69 heavy (non-hydrogen) atoms. The van der Waals surface area contributed by atoms with Crippen molar-refractivity contribution < 1.29 is 28.6 Å². The Morgan fingerprint density at radius 2 is 0.522 bits per heavy atom. The molecule has 0 spiro atoms. The largest absolute Gasteiger partial charge is 0.462 e. The predicted molar refractivity (Wildman–Crippen MR) is 298 cm³/mol. The van der Waals surface area contributed by atoms with Gasteiger partial charge in [-0.3, -0.25) is 14.4 Å². The second-order valence-electron chi connectivity index (χ2n) is 20.6. The quantitative estimate of drug-likeness (QED) is 0.0261. The van der Waals surface area contributed by atoms with Gasteiger partial charge in [0.15, 0.2) is 6.10 Å². The van der Waals surface area contributed by atoms with Gasteiger partial charge in [0.25, 0.3) is 0 Å². The highest BCUT2D eigenvalue weighted by Crippen LogP contribution is 2.17. The Labute approximate surface area is 429 Å². The van der Waals surface area contributed by atoms with Crippen LogP contribution in [-0.4, -0.2) is 37.2 Å². The first-order chi connectivity index (χ1) is 34.0. The summed E-state index contributed by atoms with van der Waals surface area (Å²) in [4.78, 5) is 38.0. The van der Waals surface area contributed by atoms with E-state index in [4.69, 9.17) is 14.2 Å². The minimum absolute atomic E-state index is 0.0731. The minimum Gasteiger partial charge on any atom is -0.462 e. The summed E-state index contributed by atoms with van der Waals surface area (Å²) >= 11 is 0. The summed E-state index contributed by atoms with van der Waals surface area (Å²) in [5, 5.41) is 0. The van der Waals surface area contributed by atoms with E-state index in [1.165, 1.54) is 212 Å². The standard InChI is InChI=1S/C63H116O6/c1-4-7-10-13-16-19-21-23-25-27-29-30-31-32-33-35-36-38-40-42-44-47-50-53-56-62(65)68-59-60(58-67-61(64)55-52-49-46-18-15-12-9-6-3)69-63(66)57-54-51-48-45-43-41-39-37-34-28-26-24-22-20-17-14-11-8-5-2/h17,20,24,26,34,37,60H,4-16,18-19,21-23,25,27-33,35-36,38-59H2,1-3H3/b20-17-,26-24-,37-34-. The lowest BCUT2D eigenvalue weighted by atomic mass is 10.0. The van der Waals surface area contributed by atoms with Crippen molar-refractivity contribution >= 4 is 17.9 Å². The van der Waals surface area contributed by atoms with Crippen molar-refractivity contribution in [1.29, 1.82) is 0 Å². The van der Waals surface area contributed by atoms with Crippen LogP contribution in [0.25, 0.3) is 0 Å². The summed E-state index contributed by atoms with van der Waals surface area (Å²) in [6.45, 7) is 6.62. The summed E-state index contributed by atoms with van der Waals surface area (Å²) in [5.74, 6) is -0.872. The smallest absolute Gasteiger partial charge is 0.306 e. The van der Waals surface area contributed by atoms with Crippen molar-refractivity contribution in [3.05, 3.63) is 36.5 Å². The van der Waals surface area contributed by atoms with E-state index < -0.39 is 6.10 Å². The fraction of sp³-hybridized carbons (Fsp3) is 0.857. The van der Waals surface area contributed by atoms with Crippen LogP contribution in [-0.2, 0) is 28.6 Å². The van der Waals surface area contributed by atoms with Gasteiger partial charge in [0.05, 0.1) is 0 Å². The molecule has 0 rings (SSSR count). The lowest BCUT2D eigenvalue weighted by Crippen LogP contribution is -2.30. The van der Waals surface area contributed by atoms with Crippen LogP contribution in [0.4, 0.5) is 0 Å². The van der Waals surface area contributed by atoms with Gasteiger partial charge >= 0.3 is 17.9 Å². The maximum absolute atomic E-state index is 12.8. The van der Waals surface area contributed by atoms with Crippen LogP contribution in [0.2, 0.25) is 0 Å². The maximum Gasteiger partial charge on any atom is 0.306 e. The van der Waals surface area contributed by atoms with Crippen molar-refractivity contribution in [1.82, 2.24) is 0 Å². The van der Waals surface area contributed by atoms with Gasteiger partial charge in [-0.1, -0.05) is 288 Å². The molecule has 6 heteroatoms. The van der Waals surface area contributed by atoms with E-state index in [2.05, 4.69) is 57.2 Å². The highest BCUT2D eigenvalue weighted by molar-refractivity contribution is 5.71. The molecule has 0 fully saturated rings. The van der Waals surface area contributed by atoms with Crippen LogP contribution in [0, 0.1) is 0 Å². The van der Waals surface area contributed by atoms with Crippen LogP contribution < -0.4 is 0 Å². The number of rotatable bonds is 56. The number of carbonyl (C=O) groups excluding carboxylic acids is 3. The Bertz CT molecular complexity index is 1160. The molecule has 0 bridgehead atoms. The molecule has 0 aliphatic rings. The van der Waals surface area contributed by atoms with Crippen LogP contribution in [0.1, 0.15) is 329 Å². The van der Waals surface area contributed by atoms with E-state index in [-0.39, 0.29) is 31.1 Å². The number of hydrogen-bond acceptors (Lipinski definition) is 6. The van der Waals surface area contributed by atoms with Gasteiger partial charge in [-0.25, -0.2) is 0 Å². The van der Waals surface area contributed by atoms with Crippen LogP contribution >= 0.6 is 0 Å². The van der Waals surface area contributed by atoms with E-state index in [0.717, 1.165) is 77.0 Å². The second-order valence-corrected chi connectivity index (χ2v) is 20.6. The van der Waals surface area contributed by atoms with Gasteiger partial charge in [-0.05, 0) is 57.8 Å². The summed E-state index contributed by atoms with van der Waals surface area (Å²) in [5.41, 5.74) is 0. The maximum atomic E-state index is 12.8. The first kappa shape index (κ1) is 66.6. The Kier molecular flexibility index (Phi) is 56.2. The van der Waals surface area contributed by atoms with E-state index in [1.807, 2.05) is 0 Å². The molecule has 0 amide bonds. The van der Waals surface area contributed by atoms with E-state index in [1.54, 1.807) is 0 Å². The second kappa shape index (κ2) is 58.2. The molecule has 1 unspecified atom stereocenters. The van der Waals surface area contributed by atoms with Crippen LogP contribution in [0.3, 0.4) is 0 Å². The third-order valence-electron chi connectivity index (χ3n) is 13.6. The number of allylic oxidation sites excluding steroid dienone is 6. The van der Waals surface area contributed by atoms with Crippen molar-refractivity contribution in [2.45, 2.75) is 335 Å². The molecule has 0 N–H and O–H groups in total. The summed E-state index contributed by atoms with van der Waals surface area (Å²) in [6, 6.07) is 0. The minimum atomic E-state index is -0.774. The molecule has 404 valence electrons. The Morgan fingerprint density at radius 1 is 0.290 bits per heavy atom. The summed E-state index contributed by atoms with van der Waals surface area (Å²) in [7, 11) is 0. The monoisotopic (exact) mass is 969 g/mol. The van der Waals surface area contributed by atoms with Crippen molar-refractivity contribution in [3.63, 3.8) is 0 Å². The highest BCUT2D eigenvalue weighted by atomic mass is 16.6. The first-order valence-electron chi connectivity index (χ1n) is 30.5. The van der Waals surface area contributed by atoms with Gasteiger partial charge in [0, 0.05) is 19.3 Å². The fourth-order valence-corrected chi connectivity index (χ4v) is 9.04. The zero-order valence-electron chi connectivity index (χ0n) is 46.3. The molecule has 6 nitrogen and oxygen atoms in total. The van der Waals surface area contributed by atoms with Crippen molar-refractivity contribution in [3.8, 4) is 0 Å². The van der Waals surface area contributed by atoms with E-state index >= 15 is 0 Å². The fourth-order valence-electron chi connectivity index (χ4n) is 9.04. The number of unbranched alkanes of at least 4 members (excludes halogenated alkanes) is 39. The molecule has 1 atom stereocenters. The topological polar surface area (TPSA) is 78.9 Å². The first-order valence-corrected chi connectivity index (χ1v) is 30.5. The SMILES string of the molecule is CCCCC/C=C\C/C=C\C/C=C\CCCCCCCCC(=O)OC(COC(=O)CCCCCCCCCC)COC(=O)CCCCCCCCCCCCCCCCCCCCCCCCCC. The molecular formula is C63H116O6. The van der Waals surface area contributed by atoms with Gasteiger partial charge in [-0.2, -0.15) is 0 Å². The molecule has 0 radical (unpaired) electrons. The molecular weight excluding hydrogens is 853 g/mol. The molecule has 0 aromatic rings. The number of hydrogen-bond donors (Lipinski definition) is 0. The third-order valence-corrected chi connectivity index (χ3v) is 13.6. The van der Waals surface area contributed by atoms with E-state index in [9.17, 15) is 14.4 Å². The number of esters is 3. The normalized spacial score (nSPS) is 12.2. The molecule has 0 saturated heterocycles. The van der Waals surface area contributed by atoms with Crippen LogP contribution in [0.15, 0.2) is 36.5 Å². The van der Waals surface area contributed by atoms with Gasteiger partial charge in [0.1, 0.15) is 13.2 Å².